The van der Waals surface area contributed by atoms with Crippen LogP contribution in [0.1, 0.15) is 31.2 Å². The minimum atomic E-state index is -0.120. The third-order valence-electron chi connectivity index (χ3n) is 3.94. The Morgan fingerprint density at radius 2 is 1.94 bits per heavy atom. The van der Waals surface area contributed by atoms with E-state index in [9.17, 15) is 4.39 Å². The molecule has 0 heterocycles. The molecule has 1 saturated carbocycles. The van der Waals surface area contributed by atoms with Gasteiger partial charge in [-0.15, -0.1) is 0 Å². The number of nitrogens with two attached hydrogens (primary N) is 1. The van der Waals surface area contributed by atoms with Crippen molar-refractivity contribution < 1.29 is 4.39 Å². The molecule has 18 heavy (non-hydrogen) atoms. The molecule has 0 amide bonds. The van der Waals surface area contributed by atoms with E-state index in [0.29, 0.717) is 17.6 Å². The summed E-state index contributed by atoms with van der Waals surface area (Å²) in [7, 11) is 1.97. The molecule has 0 aliphatic heterocycles. The van der Waals surface area contributed by atoms with E-state index in [1.54, 1.807) is 6.07 Å². The van der Waals surface area contributed by atoms with Crippen LogP contribution in [0.3, 0.4) is 0 Å². The Kier molecular flexibility index (Phi) is 4.23. The van der Waals surface area contributed by atoms with E-state index in [4.69, 9.17) is 5.73 Å². The minimum absolute atomic E-state index is 0.120. The van der Waals surface area contributed by atoms with Gasteiger partial charge in [-0.05, 0) is 56.2 Å². The second-order valence-electron chi connectivity index (χ2n) is 5.62. The Hall–Kier alpha value is -1.09. The van der Waals surface area contributed by atoms with Gasteiger partial charge in [0.05, 0.1) is 5.69 Å². The number of hydrogen-bond acceptors (Lipinski definition) is 2. The summed E-state index contributed by atoms with van der Waals surface area (Å²) >= 11 is 0. The highest BCUT2D eigenvalue weighted by atomic mass is 19.1. The fourth-order valence-electron chi connectivity index (χ4n) is 2.78. The largest absolute Gasteiger partial charge is 0.372 e. The summed E-state index contributed by atoms with van der Waals surface area (Å²) in [5.41, 5.74) is 7.58. The van der Waals surface area contributed by atoms with Crippen molar-refractivity contribution >= 4 is 5.69 Å². The van der Waals surface area contributed by atoms with E-state index in [1.165, 1.54) is 12.8 Å². The van der Waals surface area contributed by atoms with Gasteiger partial charge >= 0.3 is 0 Å². The maximum Gasteiger partial charge on any atom is 0.146 e. The predicted molar refractivity (Wildman–Crippen MR) is 74.3 cm³/mol. The first-order valence-electron chi connectivity index (χ1n) is 6.79. The third-order valence-corrected chi connectivity index (χ3v) is 3.94. The Balaban J connectivity index is 1.97. The highest BCUT2D eigenvalue weighted by Gasteiger charge is 2.20. The molecule has 0 unspecified atom stereocenters. The fourth-order valence-corrected chi connectivity index (χ4v) is 2.78. The van der Waals surface area contributed by atoms with Crippen LogP contribution >= 0.6 is 0 Å². The van der Waals surface area contributed by atoms with Crippen molar-refractivity contribution in [1.82, 2.24) is 0 Å². The third kappa shape index (κ3) is 3.22. The molecule has 0 bridgehead atoms. The van der Waals surface area contributed by atoms with Gasteiger partial charge in [-0.3, -0.25) is 0 Å². The normalized spacial score (nSPS) is 24.0. The van der Waals surface area contributed by atoms with Crippen molar-refractivity contribution in [3.8, 4) is 0 Å². The van der Waals surface area contributed by atoms with Gasteiger partial charge in [0.25, 0.3) is 0 Å². The molecule has 1 aromatic carbocycles. The van der Waals surface area contributed by atoms with E-state index in [-0.39, 0.29) is 5.82 Å². The summed E-state index contributed by atoms with van der Waals surface area (Å²) in [4.78, 5) is 2.04. The van der Waals surface area contributed by atoms with Gasteiger partial charge in [0.2, 0.25) is 0 Å². The van der Waals surface area contributed by atoms with E-state index in [2.05, 4.69) is 0 Å². The summed E-state index contributed by atoms with van der Waals surface area (Å²) in [5, 5.41) is 0. The summed E-state index contributed by atoms with van der Waals surface area (Å²) in [6.45, 7) is 2.84. The van der Waals surface area contributed by atoms with Gasteiger partial charge in [0.15, 0.2) is 0 Å². The molecule has 0 aromatic heterocycles. The SMILES string of the molecule is Cc1ccc(N(C)CC2CCC(N)CC2)c(F)c1. The lowest BCUT2D eigenvalue weighted by molar-refractivity contribution is 0.329. The maximum atomic E-state index is 13.9. The van der Waals surface area contributed by atoms with Gasteiger partial charge in [-0.1, -0.05) is 6.07 Å². The average Bonchev–Trinajstić information content (AvgIpc) is 2.32. The first kappa shape index (κ1) is 13.3. The van der Waals surface area contributed by atoms with Crippen LogP contribution in [0.5, 0.6) is 0 Å². The van der Waals surface area contributed by atoms with Crippen molar-refractivity contribution in [3.05, 3.63) is 29.6 Å². The number of benzene rings is 1. The Morgan fingerprint density at radius 3 is 2.56 bits per heavy atom. The van der Waals surface area contributed by atoms with Crippen LogP contribution < -0.4 is 10.6 Å². The average molecular weight is 250 g/mol. The number of rotatable bonds is 3. The summed E-state index contributed by atoms with van der Waals surface area (Å²) in [5.74, 6) is 0.528. The quantitative estimate of drug-likeness (QED) is 0.893. The van der Waals surface area contributed by atoms with Crippen molar-refractivity contribution in [3.63, 3.8) is 0 Å². The van der Waals surface area contributed by atoms with Crippen LogP contribution in [-0.2, 0) is 0 Å². The highest BCUT2D eigenvalue weighted by Crippen LogP contribution is 2.26. The summed E-state index contributed by atoms with van der Waals surface area (Å²) in [6, 6.07) is 5.82. The lowest BCUT2D eigenvalue weighted by Crippen LogP contribution is -2.33. The minimum Gasteiger partial charge on any atom is -0.372 e. The van der Waals surface area contributed by atoms with Crippen LogP contribution in [0.2, 0.25) is 0 Å². The zero-order valence-corrected chi connectivity index (χ0v) is 11.3. The lowest BCUT2D eigenvalue weighted by atomic mass is 9.86. The molecule has 0 spiro atoms. The Morgan fingerprint density at radius 1 is 1.28 bits per heavy atom. The maximum absolute atomic E-state index is 13.9. The molecule has 1 aromatic rings. The zero-order valence-electron chi connectivity index (χ0n) is 11.3. The van der Waals surface area contributed by atoms with E-state index in [1.807, 2.05) is 31.0 Å². The van der Waals surface area contributed by atoms with E-state index in [0.717, 1.165) is 24.9 Å². The molecule has 100 valence electrons. The fraction of sp³-hybridized carbons (Fsp3) is 0.600. The van der Waals surface area contributed by atoms with Gasteiger partial charge < -0.3 is 10.6 Å². The molecule has 0 saturated heterocycles. The molecule has 0 atom stereocenters. The number of anilines is 1. The second-order valence-corrected chi connectivity index (χ2v) is 5.62. The molecule has 2 N–H and O–H groups in total. The van der Waals surface area contributed by atoms with Crippen LogP contribution in [-0.4, -0.2) is 19.6 Å². The van der Waals surface area contributed by atoms with Crippen molar-refractivity contribution in [1.29, 1.82) is 0 Å². The second kappa shape index (κ2) is 5.70. The first-order valence-corrected chi connectivity index (χ1v) is 6.79. The number of nitrogens with zero attached hydrogens (tertiary/aromatic N) is 1. The monoisotopic (exact) mass is 250 g/mol. The molecule has 1 aliphatic carbocycles. The first-order chi connectivity index (χ1) is 8.56. The number of halogens is 1. The van der Waals surface area contributed by atoms with Crippen molar-refractivity contribution in [2.75, 3.05) is 18.5 Å². The number of hydrogen-bond donors (Lipinski definition) is 1. The van der Waals surface area contributed by atoms with Crippen LogP contribution in [0.4, 0.5) is 10.1 Å². The molecular weight excluding hydrogens is 227 g/mol. The van der Waals surface area contributed by atoms with Crippen LogP contribution in [0.25, 0.3) is 0 Å². The lowest BCUT2D eigenvalue weighted by Gasteiger charge is -2.30. The molecule has 0 radical (unpaired) electrons. The van der Waals surface area contributed by atoms with Crippen LogP contribution in [0.15, 0.2) is 18.2 Å². The van der Waals surface area contributed by atoms with Gasteiger partial charge in [-0.2, -0.15) is 0 Å². The van der Waals surface area contributed by atoms with Gasteiger partial charge in [0, 0.05) is 19.6 Å². The predicted octanol–water partition coefficient (Wildman–Crippen LogP) is 3.09. The molecule has 2 rings (SSSR count). The van der Waals surface area contributed by atoms with Gasteiger partial charge in [-0.25, -0.2) is 4.39 Å². The molecule has 1 fully saturated rings. The van der Waals surface area contributed by atoms with Crippen molar-refractivity contribution in [2.24, 2.45) is 11.7 Å². The molecule has 3 heteroatoms. The topological polar surface area (TPSA) is 29.3 Å². The number of aryl methyl sites for hydroxylation is 1. The summed E-state index contributed by atoms with van der Waals surface area (Å²) in [6.07, 6.45) is 4.54. The molecule has 2 nitrogen and oxygen atoms in total. The smallest absolute Gasteiger partial charge is 0.146 e. The molecule has 1 aliphatic rings. The molecular formula is C15H23FN2. The van der Waals surface area contributed by atoms with Crippen LogP contribution in [0, 0.1) is 18.7 Å². The Bertz CT molecular complexity index is 397. The van der Waals surface area contributed by atoms with Crippen molar-refractivity contribution in [2.45, 2.75) is 38.6 Å². The van der Waals surface area contributed by atoms with E-state index < -0.39 is 0 Å². The zero-order chi connectivity index (χ0) is 13.1. The Labute approximate surface area is 109 Å². The van der Waals surface area contributed by atoms with Gasteiger partial charge in [0.1, 0.15) is 5.82 Å². The van der Waals surface area contributed by atoms with E-state index >= 15 is 0 Å². The highest BCUT2D eigenvalue weighted by molar-refractivity contribution is 5.48. The standard InChI is InChI=1S/C15H23FN2/c1-11-3-8-15(14(16)9-11)18(2)10-12-4-6-13(17)7-5-12/h3,8-9,12-13H,4-7,10,17H2,1-2H3. The summed E-state index contributed by atoms with van der Waals surface area (Å²) < 4.78 is 13.9.